The maximum Gasteiger partial charge on any atom is 0.138 e. The Morgan fingerprint density at radius 2 is 1.45 bits per heavy atom. The standard InChI is InChI=1S/C20H19OP/c1-15-19(17-11-7-4-8-12-17)22(21)13-18(20(15,2)14-22)16-9-5-3-6-10-16/h3-13H,14H2,1-2H3. The molecule has 4 rings (SSSR count). The summed E-state index contributed by atoms with van der Waals surface area (Å²) < 4.78 is 13.6. The summed E-state index contributed by atoms with van der Waals surface area (Å²) in [5.74, 6) is 2.08. The Balaban J connectivity index is 1.90. The maximum absolute atomic E-state index is 13.6. The fourth-order valence-electron chi connectivity index (χ4n) is 4.00. The molecule has 0 saturated carbocycles. The molecule has 110 valence electrons. The molecule has 22 heavy (non-hydrogen) atoms. The Bertz CT molecular complexity index is 846. The van der Waals surface area contributed by atoms with Crippen molar-refractivity contribution in [2.75, 3.05) is 6.16 Å². The lowest BCUT2D eigenvalue weighted by Gasteiger charge is -2.28. The first kappa shape index (κ1) is 13.8. The first-order chi connectivity index (χ1) is 10.5. The highest BCUT2D eigenvalue weighted by molar-refractivity contribution is 7.78. The zero-order valence-corrected chi connectivity index (χ0v) is 13.8. The van der Waals surface area contributed by atoms with Gasteiger partial charge in [-0.2, -0.15) is 0 Å². The molecule has 0 spiro atoms. The fraction of sp³-hybridized carbons (Fsp3) is 0.200. The van der Waals surface area contributed by atoms with Crippen molar-refractivity contribution in [3.8, 4) is 0 Å². The lowest BCUT2D eigenvalue weighted by Crippen LogP contribution is -2.18. The number of fused-ring (bicyclic) bond motifs is 2. The summed E-state index contributed by atoms with van der Waals surface area (Å²) in [7, 11) is -2.43. The summed E-state index contributed by atoms with van der Waals surface area (Å²) in [6.07, 6.45) is 0.750. The van der Waals surface area contributed by atoms with E-state index in [1.54, 1.807) is 0 Å². The highest BCUT2D eigenvalue weighted by atomic mass is 31.2. The van der Waals surface area contributed by atoms with Gasteiger partial charge in [-0.3, -0.25) is 0 Å². The van der Waals surface area contributed by atoms with Gasteiger partial charge in [0.2, 0.25) is 0 Å². The first-order valence-corrected chi connectivity index (χ1v) is 9.66. The molecule has 0 aromatic heterocycles. The van der Waals surface area contributed by atoms with Crippen LogP contribution < -0.4 is 0 Å². The van der Waals surface area contributed by atoms with Gasteiger partial charge in [-0.05, 0) is 29.4 Å². The van der Waals surface area contributed by atoms with Gasteiger partial charge in [0.1, 0.15) is 7.14 Å². The topological polar surface area (TPSA) is 17.1 Å². The zero-order valence-electron chi connectivity index (χ0n) is 12.9. The number of benzene rings is 2. The quantitative estimate of drug-likeness (QED) is 0.635. The van der Waals surface area contributed by atoms with Crippen molar-refractivity contribution in [2.24, 2.45) is 5.41 Å². The largest absolute Gasteiger partial charge is 0.314 e. The molecule has 2 aliphatic heterocycles. The Kier molecular flexibility index (Phi) is 2.86. The molecule has 2 aliphatic rings. The molecule has 0 radical (unpaired) electrons. The Hall–Kier alpha value is -1.85. The predicted octanol–water partition coefficient (Wildman–Crippen LogP) is 5.86. The average Bonchev–Trinajstić information content (AvgIpc) is 2.92. The van der Waals surface area contributed by atoms with Gasteiger partial charge in [0.05, 0.1) is 0 Å². The molecule has 2 heterocycles. The third-order valence-electron chi connectivity index (χ3n) is 5.18. The minimum atomic E-state index is -2.43. The molecule has 0 aliphatic carbocycles. The van der Waals surface area contributed by atoms with Gasteiger partial charge in [-0.15, -0.1) is 0 Å². The van der Waals surface area contributed by atoms with Crippen LogP contribution in [0.5, 0.6) is 0 Å². The van der Waals surface area contributed by atoms with Crippen LogP contribution >= 0.6 is 7.14 Å². The smallest absolute Gasteiger partial charge is 0.138 e. The molecule has 0 amide bonds. The fourth-order valence-corrected chi connectivity index (χ4v) is 7.98. The van der Waals surface area contributed by atoms with E-state index < -0.39 is 7.14 Å². The van der Waals surface area contributed by atoms with Crippen LogP contribution in [0.4, 0.5) is 0 Å². The molecule has 2 bridgehead atoms. The van der Waals surface area contributed by atoms with Gasteiger partial charge in [-0.25, -0.2) is 0 Å². The second-order valence-corrected chi connectivity index (χ2v) is 9.15. The minimum absolute atomic E-state index is 0.0952. The molecule has 2 unspecified atom stereocenters. The van der Waals surface area contributed by atoms with Crippen LogP contribution in [0.2, 0.25) is 0 Å². The van der Waals surface area contributed by atoms with E-state index in [2.05, 4.69) is 56.1 Å². The summed E-state index contributed by atoms with van der Waals surface area (Å²) in [5.41, 5.74) is 4.75. The Morgan fingerprint density at radius 3 is 2.00 bits per heavy atom. The van der Waals surface area contributed by atoms with E-state index in [-0.39, 0.29) is 5.41 Å². The van der Waals surface area contributed by atoms with Crippen molar-refractivity contribution in [3.63, 3.8) is 0 Å². The Morgan fingerprint density at radius 1 is 0.909 bits per heavy atom. The van der Waals surface area contributed by atoms with Gasteiger partial charge in [-0.1, -0.05) is 73.2 Å². The highest BCUT2D eigenvalue weighted by Gasteiger charge is 2.54. The monoisotopic (exact) mass is 306 g/mol. The van der Waals surface area contributed by atoms with Gasteiger partial charge in [0.25, 0.3) is 0 Å². The molecule has 2 atom stereocenters. The average molecular weight is 306 g/mol. The molecule has 2 aromatic carbocycles. The van der Waals surface area contributed by atoms with Crippen LogP contribution in [-0.2, 0) is 4.57 Å². The molecular weight excluding hydrogens is 287 g/mol. The number of hydrogen-bond donors (Lipinski definition) is 0. The van der Waals surface area contributed by atoms with Gasteiger partial charge in [0.15, 0.2) is 0 Å². The van der Waals surface area contributed by atoms with Gasteiger partial charge >= 0.3 is 0 Å². The summed E-state index contributed by atoms with van der Waals surface area (Å²) in [6.45, 7) is 4.41. The van der Waals surface area contributed by atoms with Crippen molar-refractivity contribution in [2.45, 2.75) is 13.8 Å². The van der Waals surface area contributed by atoms with E-state index >= 15 is 0 Å². The van der Waals surface area contributed by atoms with Crippen molar-refractivity contribution in [1.82, 2.24) is 0 Å². The summed E-state index contributed by atoms with van der Waals surface area (Å²) >= 11 is 0. The van der Waals surface area contributed by atoms with Gasteiger partial charge in [0, 0.05) is 16.9 Å². The summed E-state index contributed by atoms with van der Waals surface area (Å²) in [4.78, 5) is 0. The highest BCUT2D eigenvalue weighted by Crippen LogP contribution is 2.78. The second kappa shape index (κ2) is 4.57. The molecule has 2 aromatic rings. The minimum Gasteiger partial charge on any atom is -0.314 e. The molecule has 0 N–H and O–H groups in total. The van der Waals surface area contributed by atoms with Crippen LogP contribution in [0, 0.1) is 5.41 Å². The number of allylic oxidation sites excluding steroid dienone is 2. The molecule has 0 fully saturated rings. The molecular formula is C20H19OP. The lowest BCUT2D eigenvalue weighted by molar-refractivity contribution is 0.576. The van der Waals surface area contributed by atoms with Crippen LogP contribution in [0.1, 0.15) is 25.0 Å². The van der Waals surface area contributed by atoms with Crippen LogP contribution in [-0.4, -0.2) is 6.16 Å². The van der Waals surface area contributed by atoms with Crippen LogP contribution in [0.3, 0.4) is 0 Å². The normalized spacial score (nSPS) is 29.8. The van der Waals surface area contributed by atoms with Crippen LogP contribution in [0.15, 0.2) is 72.1 Å². The third kappa shape index (κ3) is 1.76. The van der Waals surface area contributed by atoms with E-state index in [1.807, 2.05) is 24.3 Å². The molecule has 1 nitrogen and oxygen atoms in total. The number of hydrogen-bond acceptors (Lipinski definition) is 1. The van der Waals surface area contributed by atoms with Gasteiger partial charge < -0.3 is 4.57 Å². The van der Waals surface area contributed by atoms with Crippen molar-refractivity contribution in [1.29, 1.82) is 0 Å². The molecule has 2 heteroatoms. The third-order valence-corrected chi connectivity index (χ3v) is 8.30. The second-order valence-electron chi connectivity index (χ2n) is 6.53. The van der Waals surface area contributed by atoms with Crippen LogP contribution in [0.25, 0.3) is 10.9 Å². The lowest BCUT2D eigenvalue weighted by atomic mass is 9.75. The SMILES string of the molecule is CC1=C(c2ccccc2)P2(=O)C=C(c3ccccc3)C1(C)C2. The van der Waals surface area contributed by atoms with Crippen molar-refractivity contribution < 1.29 is 4.57 Å². The zero-order chi connectivity index (χ0) is 15.4. The maximum atomic E-state index is 13.6. The van der Waals surface area contributed by atoms with E-state index in [0.717, 1.165) is 17.0 Å². The number of rotatable bonds is 2. The van der Waals surface area contributed by atoms with E-state index in [1.165, 1.54) is 16.7 Å². The first-order valence-electron chi connectivity index (χ1n) is 7.69. The van der Waals surface area contributed by atoms with E-state index in [9.17, 15) is 4.57 Å². The summed E-state index contributed by atoms with van der Waals surface area (Å²) in [6, 6.07) is 20.6. The van der Waals surface area contributed by atoms with E-state index in [4.69, 9.17) is 0 Å². The van der Waals surface area contributed by atoms with Crippen molar-refractivity contribution >= 4 is 18.0 Å². The summed E-state index contributed by atoms with van der Waals surface area (Å²) in [5, 5.41) is 1.09. The van der Waals surface area contributed by atoms with Crippen molar-refractivity contribution in [3.05, 3.63) is 83.2 Å². The predicted molar refractivity (Wildman–Crippen MR) is 94.0 cm³/mol. The van der Waals surface area contributed by atoms with E-state index in [0.29, 0.717) is 0 Å². The molecule has 0 saturated heterocycles. The Labute approximate surface area is 131 Å².